The molecule has 0 saturated carbocycles. The third-order valence-corrected chi connectivity index (χ3v) is 4.57. The fraction of sp³-hybridized carbons (Fsp3) is 0.588. The lowest BCUT2D eigenvalue weighted by molar-refractivity contribution is 0.124. The summed E-state index contributed by atoms with van der Waals surface area (Å²) in [5.74, 6) is 1.70. The van der Waals surface area contributed by atoms with E-state index in [1.165, 1.54) is 0 Å². The van der Waals surface area contributed by atoms with Gasteiger partial charge in [0.05, 0.1) is 13.2 Å². The molecule has 6 nitrogen and oxygen atoms in total. The van der Waals surface area contributed by atoms with Crippen LogP contribution < -0.4 is 14.8 Å². The van der Waals surface area contributed by atoms with Crippen molar-refractivity contribution in [3.05, 3.63) is 23.8 Å². The number of rotatable bonds is 3. The number of nitrogens with one attached hydrogen (secondary N) is 1. The number of piperidine rings is 1. The number of likely N-dealkylation sites (tertiary alicyclic amines) is 1. The van der Waals surface area contributed by atoms with E-state index in [0.29, 0.717) is 13.2 Å². The molecule has 2 heterocycles. The van der Waals surface area contributed by atoms with E-state index in [-0.39, 0.29) is 24.6 Å². The summed E-state index contributed by atoms with van der Waals surface area (Å²) >= 11 is 0. The van der Waals surface area contributed by atoms with Gasteiger partial charge >= 0.3 is 6.03 Å². The maximum atomic E-state index is 12.4. The lowest BCUT2D eigenvalue weighted by atomic mass is 9.99. The summed E-state index contributed by atoms with van der Waals surface area (Å²) in [5, 5.41) is 12.3. The highest BCUT2D eigenvalue weighted by atomic mass is 16.5. The molecular weight excluding hydrogens is 296 g/mol. The van der Waals surface area contributed by atoms with Crippen LogP contribution in [-0.4, -0.2) is 55.5 Å². The number of nitrogens with zero attached hydrogens (tertiary/aromatic N) is 1. The molecule has 0 unspecified atom stereocenters. The number of hydrogen-bond acceptors (Lipinski definition) is 4. The molecule has 23 heavy (non-hydrogen) atoms. The van der Waals surface area contributed by atoms with Crippen LogP contribution in [0.5, 0.6) is 11.5 Å². The molecule has 126 valence electrons. The van der Waals surface area contributed by atoms with E-state index in [1.807, 2.05) is 18.2 Å². The van der Waals surface area contributed by atoms with Crippen LogP contribution in [0.2, 0.25) is 0 Å². The number of urea groups is 1. The van der Waals surface area contributed by atoms with Crippen molar-refractivity contribution in [1.29, 1.82) is 0 Å². The van der Waals surface area contributed by atoms with Crippen molar-refractivity contribution in [1.82, 2.24) is 10.2 Å². The first-order valence-electron chi connectivity index (χ1n) is 8.16. The second-order valence-electron chi connectivity index (χ2n) is 6.25. The van der Waals surface area contributed by atoms with Gasteiger partial charge in [0.2, 0.25) is 0 Å². The van der Waals surface area contributed by atoms with E-state index in [0.717, 1.165) is 42.9 Å². The standard InChI is InChI=1S/C17H24N2O4/c1-22-15-6-2-5-13-8-14(11-23-16(13)15)18-17(21)19-7-3-4-12(9-19)10-20/h2,5-6,12,14,20H,3-4,7-11H2,1H3,(H,18,21)/t12-,14-/m1/s1. The van der Waals surface area contributed by atoms with E-state index in [2.05, 4.69) is 5.32 Å². The summed E-state index contributed by atoms with van der Waals surface area (Å²) in [4.78, 5) is 14.2. The van der Waals surface area contributed by atoms with Gasteiger partial charge in [0, 0.05) is 25.3 Å². The first kappa shape index (κ1) is 15.9. The molecule has 0 radical (unpaired) electrons. The Bertz CT molecular complexity index is 564. The number of aliphatic hydroxyl groups is 1. The van der Waals surface area contributed by atoms with Crippen molar-refractivity contribution in [3.63, 3.8) is 0 Å². The van der Waals surface area contributed by atoms with E-state index in [4.69, 9.17) is 9.47 Å². The van der Waals surface area contributed by atoms with Crippen LogP contribution in [0, 0.1) is 5.92 Å². The summed E-state index contributed by atoms with van der Waals surface area (Å²) in [6, 6.07) is 5.70. The molecule has 1 saturated heterocycles. The van der Waals surface area contributed by atoms with Gasteiger partial charge in [0.1, 0.15) is 6.61 Å². The van der Waals surface area contributed by atoms with Gasteiger partial charge in [-0.2, -0.15) is 0 Å². The van der Waals surface area contributed by atoms with E-state index in [1.54, 1.807) is 12.0 Å². The molecule has 6 heteroatoms. The summed E-state index contributed by atoms with van der Waals surface area (Å²) in [7, 11) is 1.63. The highest BCUT2D eigenvalue weighted by Gasteiger charge is 2.28. The molecule has 1 aromatic rings. The summed E-state index contributed by atoms with van der Waals surface area (Å²) in [5.41, 5.74) is 1.05. The molecule has 0 aliphatic carbocycles. The first-order chi connectivity index (χ1) is 11.2. The Kier molecular flexibility index (Phi) is 4.91. The topological polar surface area (TPSA) is 71.0 Å². The summed E-state index contributed by atoms with van der Waals surface area (Å²) in [6.45, 7) is 1.96. The summed E-state index contributed by atoms with van der Waals surface area (Å²) < 4.78 is 11.1. The zero-order chi connectivity index (χ0) is 16.2. The van der Waals surface area contributed by atoms with Crippen LogP contribution in [0.1, 0.15) is 18.4 Å². The number of fused-ring (bicyclic) bond motifs is 1. The maximum Gasteiger partial charge on any atom is 0.317 e. The molecule has 0 spiro atoms. The van der Waals surface area contributed by atoms with Crippen LogP contribution in [0.3, 0.4) is 0 Å². The number of aliphatic hydroxyl groups excluding tert-OH is 1. The Balaban J connectivity index is 1.60. The third kappa shape index (κ3) is 3.52. The molecule has 2 aliphatic rings. The predicted octanol–water partition coefficient (Wildman–Crippen LogP) is 1.41. The molecular formula is C17H24N2O4. The number of amides is 2. The Morgan fingerprint density at radius 2 is 2.39 bits per heavy atom. The maximum absolute atomic E-state index is 12.4. The van der Waals surface area contributed by atoms with Gasteiger partial charge in [-0.05, 0) is 31.2 Å². The molecule has 0 bridgehead atoms. The van der Waals surface area contributed by atoms with Gasteiger partial charge in [0.25, 0.3) is 0 Å². The van der Waals surface area contributed by atoms with E-state index >= 15 is 0 Å². The molecule has 2 atom stereocenters. The molecule has 2 aliphatic heterocycles. The van der Waals surface area contributed by atoms with Crippen molar-refractivity contribution in [2.45, 2.75) is 25.3 Å². The Hall–Kier alpha value is -1.95. The van der Waals surface area contributed by atoms with Gasteiger partial charge in [-0.3, -0.25) is 0 Å². The smallest absolute Gasteiger partial charge is 0.317 e. The third-order valence-electron chi connectivity index (χ3n) is 4.57. The van der Waals surface area contributed by atoms with Crippen LogP contribution in [0.15, 0.2) is 18.2 Å². The van der Waals surface area contributed by atoms with Crippen molar-refractivity contribution in [2.75, 3.05) is 33.4 Å². The highest BCUT2D eigenvalue weighted by molar-refractivity contribution is 5.74. The number of ether oxygens (including phenoxy) is 2. The Morgan fingerprint density at radius 1 is 1.52 bits per heavy atom. The van der Waals surface area contributed by atoms with Gasteiger partial charge in [-0.15, -0.1) is 0 Å². The monoisotopic (exact) mass is 320 g/mol. The predicted molar refractivity (Wildman–Crippen MR) is 85.9 cm³/mol. The number of methoxy groups -OCH3 is 1. The van der Waals surface area contributed by atoms with E-state index < -0.39 is 0 Å². The number of para-hydroxylation sites is 1. The minimum atomic E-state index is -0.0666. The highest BCUT2D eigenvalue weighted by Crippen LogP contribution is 2.34. The number of hydrogen-bond donors (Lipinski definition) is 2. The first-order valence-corrected chi connectivity index (χ1v) is 8.16. The van der Waals surface area contributed by atoms with Crippen molar-refractivity contribution in [2.24, 2.45) is 5.92 Å². The SMILES string of the molecule is COc1cccc2c1OC[C@H](NC(=O)N1CCC[C@@H](CO)C1)C2. The quantitative estimate of drug-likeness (QED) is 0.883. The van der Waals surface area contributed by atoms with Gasteiger partial charge in [-0.25, -0.2) is 4.79 Å². The minimum absolute atomic E-state index is 0.0448. The normalized spacial score (nSPS) is 23.7. The van der Waals surface area contributed by atoms with Gasteiger partial charge < -0.3 is 24.8 Å². The Labute approximate surface area is 136 Å². The van der Waals surface area contributed by atoms with Crippen LogP contribution in [-0.2, 0) is 6.42 Å². The van der Waals surface area contributed by atoms with Crippen molar-refractivity contribution < 1.29 is 19.4 Å². The molecule has 3 rings (SSSR count). The number of carbonyl (C=O) groups is 1. The summed E-state index contributed by atoms with van der Waals surface area (Å²) in [6.07, 6.45) is 2.66. The Morgan fingerprint density at radius 3 is 3.17 bits per heavy atom. The lowest BCUT2D eigenvalue weighted by Crippen LogP contribution is -2.51. The zero-order valence-electron chi connectivity index (χ0n) is 13.5. The van der Waals surface area contributed by atoms with Crippen LogP contribution in [0.4, 0.5) is 4.79 Å². The lowest BCUT2D eigenvalue weighted by Gasteiger charge is -2.34. The van der Waals surface area contributed by atoms with Gasteiger partial charge in [-0.1, -0.05) is 12.1 Å². The molecule has 2 amide bonds. The molecule has 1 fully saturated rings. The van der Waals surface area contributed by atoms with Crippen molar-refractivity contribution in [3.8, 4) is 11.5 Å². The fourth-order valence-corrected chi connectivity index (χ4v) is 3.31. The molecule has 2 N–H and O–H groups in total. The van der Waals surface area contributed by atoms with Crippen molar-refractivity contribution >= 4 is 6.03 Å². The average molecular weight is 320 g/mol. The second kappa shape index (κ2) is 7.08. The largest absolute Gasteiger partial charge is 0.493 e. The zero-order valence-corrected chi connectivity index (χ0v) is 13.5. The van der Waals surface area contributed by atoms with Gasteiger partial charge in [0.15, 0.2) is 11.5 Å². The fourth-order valence-electron chi connectivity index (χ4n) is 3.31. The average Bonchev–Trinajstić information content (AvgIpc) is 2.61. The minimum Gasteiger partial charge on any atom is -0.493 e. The second-order valence-corrected chi connectivity index (χ2v) is 6.25. The number of carbonyl (C=O) groups excluding carboxylic acids is 1. The van der Waals surface area contributed by atoms with Crippen LogP contribution in [0.25, 0.3) is 0 Å². The number of benzene rings is 1. The van der Waals surface area contributed by atoms with E-state index in [9.17, 15) is 9.90 Å². The molecule has 1 aromatic carbocycles. The molecule has 0 aromatic heterocycles. The van der Waals surface area contributed by atoms with Crippen LogP contribution >= 0.6 is 0 Å².